The van der Waals surface area contributed by atoms with Gasteiger partial charge in [0.2, 0.25) is 6.36 Å². The van der Waals surface area contributed by atoms with Crippen molar-refractivity contribution in [1.29, 1.82) is 0 Å². The molecule has 0 unspecified atom stereocenters. The van der Waals surface area contributed by atoms with Crippen LogP contribution in [0.1, 0.15) is 31.1 Å². The fourth-order valence-corrected chi connectivity index (χ4v) is 3.43. The normalized spacial score (nSPS) is 21.4. The lowest BCUT2D eigenvalue weighted by molar-refractivity contribution is -0.0884. The Labute approximate surface area is 195 Å². The van der Waals surface area contributed by atoms with Crippen LogP contribution in [0.15, 0.2) is 91.0 Å². The Morgan fingerprint density at radius 2 is 1.06 bits per heavy atom. The van der Waals surface area contributed by atoms with Gasteiger partial charge in [0, 0.05) is 0 Å². The third-order valence-corrected chi connectivity index (χ3v) is 5.15. The molecule has 0 spiro atoms. The lowest BCUT2D eigenvalue weighted by Gasteiger charge is -2.23. The van der Waals surface area contributed by atoms with Gasteiger partial charge in [-0.1, -0.05) is 54.6 Å². The quantitative estimate of drug-likeness (QED) is 0.386. The molecule has 3 aromatic carbocycles. The standard InChI is InChI=1S/C26H21FO7/c27-23-22(34-26(30)19-14-8-3-9-15-19)21(33-25(29)18-12-6-2-7-13-18)20(32-23)16-31-24(28)17-10-4-1-5-11-17/h1-15,20-23H,16H2/t20-,21-,22+,23-/m1/s1. The lowest BCUT2D eigenvalue weighted by atomic mass is 10.1. The van der Waals surface area contributed by atoms with E-state index < -0.39 is 49.2 Å². The molecule has 8 heteroatoms. The zero-order chi connectivity index (χ0) is 23.9. The van der Waals surface area contributed by atoms with Crippen molar-refractivity contribution < 1.29 is 37.7 Å². The zero-order valence-electron chi connectivity index (χ0n) is 17.9. The number of carbonyl (C=O) groups excluding carboxylic acids is 3. The molecule has 1 saturated heterocycles. The average Bonchev–Trinajstić information content (AvgIpc) is 3.17. The van der Waals surface area contributed by atoms with Gasteiger partial charge in [0.1, 0.15) is 12.7 Å². The molecule has 174 valence electrons. The summed E-state index contributed by atoms with van der Waals surface area (Å²) in [5.41, 5.74) is 0.710. The highest BCUT2D eigenvalue weighted by Crippen LogP contribution is 2.30. The maximum absolute atomic E-state index is 14.8. The first kappa shape index (κ1) is 23.1. The van der Waals surface area contributed by atoms with Gasteiger partial charge in [0.15, 0.2) is 12.2 Å². The molecule has 0 radical (unpaired) electrons. The molecule has 1 aliphatic heterocycles. The minimum atomic E-state index is -2.10. The second-order valence-corrected chi connectivity index (χ2v) is 7.46. The van der Waals surface area contributed by atoms with Crippen molar-refractivity contribution in [2.75, 3.05) is 6.61 Å². The first-order valence-electron chi connectivity index (χ1n) is 10.6. The van der Waals surface area contributed by atoms with E-state index in [0.717, 1.165) is 0 Å². The van der Waals surface area contributed by atoms with Gasteiger partial charge in [0.25, 0.3) is 0 Å². The van der Waals surface area contributed by atoms with Gasteiger partial charge < -0.3 is 18.9 Å². The molecule has 1 fully saturated rings. The number of hydrogen-bond donors (Lipinski definition) is 0. The highest BCUT2D eigenvalue weighted by atomic mass is 19.1. The molecule has 3 aromatic rings. The molecule has 0 bridgehead atoms. The molecular weight excluding hydrogens is 443 g/mol. The Morgan fingerprint density at radius 3 is 1.53 bits per heavy atom. The number of carbonyl (C=O) groups is 3. The Kier molecular flexibility index (Phi) is 7.29. The molecule has 1 heterocycles. The summed E-state index contributed by atoms with van der Waals surface area (Å²) in [5, 5.41) is 0. The first-order valence-corrected chi connectivity index (χ1v) is 10.6. The first-order chi connectivity index (χ1) is 16.5. The number of ether oxygens (including phenoxy) is 4. The summed E-state index contributed by atoms with van der Waals surface area (Å²) in [5.74, 6) is -2.22. The molecule has 7 nitrogen and oxygen atoms in total. The van der Waals surface area contributed by atoms with E-state index in [1.807, 2.05) is 0 Å². The number of alkyl halides is 1. The second kappa shape index (κ2) is 10.7. The van der Waals surface area contributed by atoms with E-state index in [9.17, 15) is 18.8 Å². The number of halogens is 1. The van der Waals surface area contributed by atoms with Crippen molar-refractivity contribution in [1.82, 2.24) is 0 Å². The van der Waals surface area contributed by atoms with E-state index >= 15 is 0 Å². The summed E-state index contributed by atoms with van der Waals surface area (Å²) in [4.78, 5) is 37.5. The third kappa shape index (κ3) is 5.47. The Hall–Kier alpha value is -4.04. The van der Waals surface area contributed by atoms with Crippen LogP contribution < -0.4 is 0 Å². The number of rotatable bonds is 7. The molecule has 0 N–H and O–H groups in total. The Balaban J connectivity index is 1.51. The van der Waals surface area contributed by atoms with Crippen molar-refractivity contribution in [2.45, 2.75) is 24.7 Å². The fourth-order valence-electron chi connectivity index (χ4n) is 3.43. The van der Waals surface area contributed by atoms with Gasteiger partial charge in [-0.2, -0.15) is 0 Å². The van der Waals surface area contributed by atoms with Crippen molar-refractivity contribution in [3.05, 3.63) is 108 Å². The van der Waals surface area contributed by atoms with Gasteiger partial charge in [0.05, 0.1) is 16.7 Å². The maximum Gasteiger partial charge on any atom is 0.338 e. The highest BCUT2D eigenvalue weighted by molar-refractivity contribution is 5.90. The second-order valence-electron chi connectivity index (χ2n) is 7.46. The van der Waals surface area contributed by atoms with Crippen LogP contribution in [0.2, 0.25) is 0 Å². The van der Waals surface area contributed by atoms with Crippen LogP contribution in [0, 0.1) is 0 Å². The monoisotopic (exact) mass is 464 g/mol. The minimum absolute atomic E-state index is 0.196. The van der Waals surface area contributed by atoms with Crippen LogP contribution in [0.4, 0.5) is 4.39 Å². The van der Waals surface area contributed by atoms with E-state index in [1.54, 1.807) is 66.7 Å². The third-order valence-electron chi connectivity index (χ3n) is 5.15. The summed E-state index contributed by atoms with van der Waals surface area (Å²) >= 11 is 0. The van der Waals surface area contributed by atoms with Gasteiger partial charge >= 0.3 is 17.9 Å². The van der Waals surface area contributed by atoms with Crippen LogP contribution in [-0.4, -0.2) is 49.2 Å². The smallest absolute Gasteiger partial charge is 0.338 e. The molecular formula is C26H21FO7. The summed E-state index contributed by atoms with van der Waals surface area (Å²) in [6, 6.07) is 24.3. The number of hydrogen-bond acceptors (Lipinski definition) is 7. The topological polar surface area (TPSA) is 88.1 Å². The van der Waals surface area contributed by atoms with Gasteiger partial charge in [-0.05, 0) is 36.4 Å². The molecule has 0 aromatic heterocycles. The molecule has 4 atom stereocenters. The van der Waals surface area contributed by atoms with Crippen LogP contribution in [0.3, 0.4) is 0 Å². The largest absolute Gasteiger partial charge is 0.459 e. The summed E-state index contributed by atoms with van der Waals surface area (Å²) in [6.45, 7) is -0.416. The van der Waals surface area contributed by atoms with Crippen molar-refractivity contribution >= 4 is 17.9 Å². The highest BCUT2D eigenvalue weighted by Gasteiger charge is 2.51. The predicted molar refractivity (Wildman–Crippen MR) is 118 cm³/mol. The predicted octanol–water partition coefficient (Wildman–Crippen LogP) is 3.99. The summed E-state index contributed by atoms with van der Waals surface area (Å²) in [6.07, 6.45) is -6.19. The number of benzene rings is 3. The van der Waals surface area contributed by atoms with Crippen LogP contribution in [0.25, 0.3) is 0 Å². The molecule has 0 amide bonds. The van der Waals surface area contributed by atoms with Gasteiger partial charge in [-0.3, -0.25) is 0 Å². The Bertz CT molecular complexity index is 1120. The van der Waals surface area contributed by atoms with Gasteiger partial charge in [-0.15, -0.1) is 0 Å². The molecule has 1 aliphatic rings. The van der Waals surface area contributed by atoms with E-state index in [0.29, 0.717) is 5.56 Å². The van der Waals surface area contributed by atoms with E-state index in [1.165, 1.54) is 24.3 Å². The average molecular weight is 464 g/mol. The number of esters is 3. The van der Waals surface area contributed by atoms with E-state index in [2.05, 4.69) is 0 Å². The zero-order valence-corrected chi connectivity index (χ0v) is 17.9. The summed E-state index contributed by atoms with van der Waals surface area (Å²) < 4.78 is 36.2. The fraction of sp³-hybridized carbons (Fsp3) is 0.192. The maximum atomic E-state index is 14.8. The molecule has 0 saturated carbocycles. The van der Waals surface area contributed by atoms with Crippen molar-refractivity contribution in [2.24, 2.45) is 0 Å². The van der Waals surface area contributed by atoms with E-state index in [-0.39, 0.29) is 11.1 Å². The lowest BCUT2D eigenvalue weighted by Crippen LogP contribution is -2.41. The Morgan fingerprint density at radius 1 is 0.647 bits per heavy atom. The van der Waals surface area contributed by atoms with Crippen molar-refractivity contribution in [3.63, 3.8) is 0 Å². The molecule has 0 aliphatic carbocycles. The van der Waals surface area contributed by atoms with Crippen LogP contribution in [0.5, 0.6) is 0 Å². The SMILES string of the molecule is O=C(OC[C@H]1O[C@@H](F)[C@@H](OC(=O)c2ccccc2)[C@@H]1OC(=O)c1ccccc1)c1ccccc1. The molecule has 34 heavy (non-hydrogen) atoms. The minimum Gasteiger partial charge on any atom is -0.459 e. The van der Waals surface area contributed by atoms with E-state index in [4.69, 9.17) is 18.9 Å². The summed E-state index contributed by atoms with van der Waals surface area (Å²) in [7, 11) is 0. The van der Waals surface area contributed by atoms with Crippen molar-refractivity contribution in [3.8, 4) is 0 Å². The van der Waals surface area contributed by atoms with Crippen LogP contribution >= 0.6 is 0 Å². The molecule has 4 rings (SSSR count). The van der Waals surface area contributed by atoms with Crippen LogP contribution in [-0.2, 0) is 18.9 Å². The van der Waals surface area contributed by atoms with Gasteiger partial charge in [-0.25, -0.2) is 18.8 Å².